The molecule has 0 aliphatic carbocycles. The van der Waals surface area contributed by atoms with Crippen molar-refractivity contribution in [2.24, 2.45) is 7.05 Å². The molecule has 94 valence electrons. The summed E-state index contributed by atoms with van der Waals surface area (Å²) in [6.45, 7) is 3.84. The Labute approximate surface area is 114 Å². The smallest absolute Gasteiger partial charge is 0.257 e. The molecule has 0 bridgehead atoms. The molecular weight excluding hydrogens is 294 g/mol. The van der Waals surface area contributed by atoms with Crippen LogP contribution in [0.4, 0.5) is 5.82 Å². The Morgan fingerprint density at radius 1 is 1.33 bits per heavy atom. The van der Waals surface area contributed by atoms with Crippen LogP contribution in [0.3, 0.4) is 0 Å². The van der Waals surface area contributed by atoms with Crippen molar-refractivity contribution >= 4 is 27.7 Å². The molecule has 1 N–H and O–H groups in total. The number of halogens is 1. The predicted octanol–water partition coefficient (Wildman–Crippen LogP) is 3.05. The van der Waals surface area contributed by atoms with Crippen molar-refractivity contribution in [2.75, 3.05) is 5.32 Å². The third kappa shape index (κ3) is 2.61. The van der Waals surface area contributed by atoms with E-state index in [4.69, 9.17) is 0 Å². The van der Waals surface area contributed by atoms with E-state index in [2.05, 4.69) is 26.3 Å². The molecule has 0 aliphatic heterocycles. The van der Waals surface area contributed by atoms with E-state index in [0.717, 1.165) is 15.7 Å². The van der Waals surface area contributed by atoms with E-state index in [9.17, 15) is 4.79 Å². The molecule has 0 unspecified atom stereocenters. The number of hydrogen-bond acceptors (Lipinski definition) is 2. The van der Waals surface area contributed by atoms with Gasteiger partial charge in [-0.25, -0.2) is 0 Å². The summed E-state index contributed by atoms with van der Waals surface area (Å²) in [5, 5.41) is 7.03. The van der Waals surface area contributed by atoms with E-state index < -0.39 is 0 Å². The lowest BCUT2D eigenvalue weighted by atomic mass is 10.1. The Balaban J connectivity index is 2.27. The maximum absolute atomic E-state index is 12.2. The second kappa shape index (κ2) is 4.94. The van der Waals surface area contributed by atoms with Crippen LogP contribution in [0, 0.1) is 13.8 Å². The van der Waals surface area contributed by atoms with Crippen LogP contribution in [0.1, 0.15) is 21.6 Å². The Morgan fingerprint density at radius 2 is 2.06 bits per heavy atom. The van der Waals surface area contributed by atoms with Gasteiger partial charge in [-0.1, -0.05) is 11.6 Å². The van der Waals surface area contributed by atoms with Gasteiger partial charge in [-0.2, -0.15) is 5.10 Å². The van der Waals surface area contributed by atoms with Crippen LogP contribution >= 0.6 is 15.9 Å². The molecular formula is C13H14BrN3O. The number of anilines is 1. The standard InChI is InChI=1S/C13H14BrN3O/c1-8-4-5-11(14)10(6-8)13(18)15-12-7-9(2)16-17(12)3/h4-7H,1-3H3,(H,15,18). The van der Waals surface area contributed by atoms with Crippen LogP contribution in [0.2, 0.25) is 0 Å². The van der Waals surface area contributed by atoms with Crippen molar-refractivity contribution in [3.05, 3.63) is 45.6 Å². The van der Waals surface area contributed by atoms with Gasteiger partial charge in [-0.05, 0) is 41.9 Å². The Bertz CT molecular complexity index is 604. The average molecular weight is 308 g/mol. The number of nitrogens with zero attached hydrogens (tertiary/aromatic N) is 2. The van der Waals surface area contributed by atoms with Gasteiger partial charge in [0.05, 0.1) is 11.3 Å². The monoisotopic (exact) mass is 307 g/mol. The number of amides is 1. The summed E-state index contributed by atoms with van der Waals surface area (Å²) in [5.74, 6) is 0.541. The van der Waals surface area contributed by atoms with Gasteiger partial charge in [0, 0.05) is 17.6 Å². The highest BCUT2D eigenvalue weighted by molar-refractivity contribution is 9.10. The number of aryl methyl sites for hydroxylation is 3. The highest BCUT2D eigenvalue weighted by atomic mass is 79.9. The molecule has 1 heterocycles. The number of rotatable bonds is 2. The topological polar surface area (TPSA) is 46.9 Å². The van der Waals surface area contributed by atoms with E-state index in [-0.39, 0.29) is 5.91 Å². The Kier molecular flexibility index (Phi) is 3.52. The minimum atomic E-state index is -0.145. The number of benzene rings is 1. The zero-order valence-corrected chi connectivity index (χ0v) is 12.1. The predicted molar refractivity (Wildman–Crippen MR) is 74.8 cm³/mol. The molecule has 0 atom stereocenters. The van der Waals surface area contributed by atoms with Gasteiger partial charge in [0.15, 0.2) is 0 Å². The first-order valence-corrected chi connectivity index (χ1v) is 6.35. The molecule has 0 saturated carbocycles. The largest absolute Gasteiger partial charge is 0.307 e. The van der Waals surface area contributed by atoms with Gasteiger partial charge < -0.3 is 5.32 Å². The first-order chi connectivity index (χ1) is 8.47. The lowest BCUT2D eigenvalue weighted by Crippen LogP contribution is -2.15. The fraction of sp³-hybridized carbons (Fsp3) is 0.231. The fourth-order valence-electron chi connectivity index (χ4n) is 1.72. The minimum Gasteiger partial charge on any atom is -0.307 e. The van der Waals surface area contributed by atoms with Gasteiger partial charge in [-0.3, -0.25) is 9.48 Å². The second-order valence-electron chi connectivity index (χ2n) is 4.23. The van der Waals surface area contributed by atoms with E-state index in [1.54, 1.807) is 11.7 Å². The van der Waals surface area contributed by atoms with E-state index in [1.165, 1.54) is 0 Å². The zero-order chi connectivity index (χ0) is 13.3. The first-order valence-electron chi connectivity index (χ1n) is 5.55. The molecule has 0 radical (unpaired) electrons. The van der Waals surface area contributed by atoms with Crippen molar-refractivity contribution in [3.8, 4) is 0 Å². The minimum absolute atomic E-state index is 0.145. The lowest BCUT2D eigenvalue weighted by molar-refractivity contribution is 0.102. The zero-order valence-electron chi connectivity index (χ0n) is 10.5. The van der Waals surface area contributed by atoms with Gasteiger partial charge in [0.25, 0.3) is 5.91 Å². The molecule has 1 aromatic heterocycles. The summed E-state index contributed by atoms with van der Waals surface area (Å²) in [5.41, 5.74) is 2.54. The molecule has 0 spiro atoms. The summed E-state index contributed by atoms with van der Waals surface area (Å²) < 4.78 is 2.43. The summed E-state index contributed by atoms with van der Waals surface area (Å²) >= 11 is 3.38. The highest BCUT2D eigenvalue weighted by Gasteiger charge is 2.12. The molecule has 0 fully saturated rings. The van der Waals surface area contributed by atoms with Crippen molar-refractivity contribution in [1.29, 1.82) is 0 Å². The van der Waals surface area contributed by atoms with E-state index in [0.29, 0.717) is 11.4 Å². The molecule has 18 heavy (non-hydrogen) atoms. The van der Waals surface area contributed by atoms with Crippen LogP contribution in [-0.4, -0.2) is 15.7 Å². The van der Waals surface area contributed by atoms with Gasteiger partial charge in [-0.15, -0.1) is 0 Å². The number of carbonyl (C=O) groups is 1. The number of carbonyl (C=O) groups excluding carboxylic acids is 1. The van der Waals surface area contributed by atoms with Crippen molar-refractivity contribution in [1.82, 2.24) is 9.78 Å². The SMILES string of the molecule is Cc1ccc(Br)c(C(=O)Nc2cc(C)nn2C)c1. The van der Waals surface area contributed by atoms with Crippen LogP contribution in [0.5, 0.6) is 0 Å². The Morgan fingerprint density at radius 3 is 2.67 bits per heavy atom. The summed E-state index contributed by atoms with van der Waals surface area (Å²) in [7, 11) is 1.80. The summed E-state index contributed by atoms with van der Waals surface area (Å²) in [6, 6.07) is 7.51. The van der Waals surface area contributed by atoms with Crippen LogP contribution in [-0.2, 0) is 7.05 Å². The van der Waals surface area contributed by atoms with Crippen LogP contribution < -0.4 is 5.32 Å². The molecule has 0 aliphatic rings. The van der Waals surface area contributed by atoms with E-state index in [1.807, 2.05) is 38.1 Å². The Hall–Kier alpha value is -1.62. The summed E-state index contributed by atoms with van der Waals surface area (Å²) in [4.78, 5) is 12.2. The first kappa shape index (κ1) is 12.8. The quantitative estimate of drug-likeness (QED) is 0.927. The van der Waals surface area contributed by atoms with Gasteiger partial charge in [0.2, 0.25) is 0 Å². The van der Waals surface area contributed by atoms with Crippen molar-refractivity contribution in [2.45, 2.75) is 13.8 Å². The maximum Gasteiger partial charge on any atom is 0.257 e. The van der Waals surface area contributed by atoms with Crippen LogP contribution in [0.25, 0.3) is 0 Å². The third-order valence-electron chi connectivity index (χ3n) is 2.61. The van der Waals surface area contributed by atoms with Crippen molar-refractivity contribution in [3.63, 3.8) is 0 Å². The maximum atomic E-state index is 12.2. The van der Waals surface area contributed by atoms with Gasteiger partial charge >= 0.3 is 0 Å². The second-order valence-corrected chi connectivity index (χ2v) is 5.09. The average Bonchev–Trinajstić information content (AvgIpc) is 2.61. The number of aromatic nitrogens is 2. The molecule has 1 amide bonds. The lowest BCUT2D eigenvalue weighted by Gasteiger charge is -2.07. The molecule has 2 rings (SSSR count). The normalized spacial score (nSPS) is 10.4. The molecule has 5 heteroatoms. The van der Waals surface area contributed by atoms with Crippen molar-refractivity contribution < 1.29 is 4.79 Å². The fourth-order valence-corrected chi connectivity index (χ4v) is 2.15. The molecule has 0 saturated heterocycles. The number of hydrogen-bond donors (Lipinski definition) is 1. The van der Waals surface area contributed by atoms with E-state index >= 15 is 0 Å². The number of nitrogens with one attached hydrogen (secondary N) is 1. The molecule has 1 aromatic carbocycles. The van der Waals surface area contributed by atoms with Crippen LogP contribution in [0.15, 0.2) is 28.7 Å². The van der Waals surface area contributed by atoms with Gasteiger partial charge in [0.1, 0.15) is 5.82 Å². The molecule has 4 nitrogen and oxygen atoms in total. The highest BCUT2D eigenvalue weighted by Crippen LogP contribution is 2.19. The molecule has 2 aromatic rings. The summed E-state index contributed by atoms with van der Waals surface area (Å²) in [6.07, 6.45) is 0. The third-order valence-corrected chi connectivity index (χ3v) is 3.30.